The van der Waals surface area contributed by atoms with Crippen molar-refractivity contribution in [1.29, 1.82) is 0 Å². The first kappa shape index (κ1) is 15.9. The predicted octanol–water partition coefficient (Wildman–Crippen LogP) is 3.52. The van der Waals surface area contributed by atoms with Crippen LogP contribution in [0.1, 0.15) is 25.3 Å². The van der Waals surface area contributed by atoms with Gasteiger partial charge in [0.05, 0.1) is 17.7 Å². The van der Waals surface area contributed by atoms with Crippen LogP contribution in [0.2, 0.25) is 0 Å². The molecule has 1 heterocycles. The lowest BCUT2D eigenvalue weighted by Crippen LogP contribution is -2.31. The number of hydrogen-bond acceptors (Lipinski definition) is 3. The average Bonchev–Trinajstić information content (AvgIpc) is 2.96. The summed E-state index contributed by atoms with van der Waals surface area (Å²) in [7, 11) is 0. The molecule has 0 amide bonds. The Balaban J connectivity index is 1.90. The van der Waals surface area contributed by atoms with Crippen molar-refractivity contribution in [2.75, 3.05) is 0 Å². The molecule has 6 nitrogen and oxygen atoms in total. The van der Waals surface area contributed by atoms with E-state index in [9.17, 15) is 10.1 Å². The second kappa shape index (κ2) is 7.04. The average molecular weight is 323 g/mol. The Morgan fingerprint density at radius 3 is 2.67 bits per heavy atom. The van der Waals surface area contributed by atoms with Gasteiger partial charge in [0.25, 0.3) is 12.0 Å². The molecule has 3 rings (SSSR count). The number of rotatable bonds is 6. The molecule has 0 fully saturated rings. The van der Waals surface area contributed by atoms with E-state index in [4.69, 9.17) is 0 Å². The van der Waals surface area contributed by atoms with E-state index in [-0.39, 0.29) is 5.69 Å². The molecule has 0 spiro atoms. The fourth-order valence-corrected chi connectivity index (χ4v) is 2.57. The quantitative estimate of drug-likeness (QED) is 0.301. The molecule has 0 bridgehead atoms. The highest BCUT2D eigenvalue weighted by atomic mass is 16.6. The fourth-order valence-electron chi connectivity index (χ4n) is 2.57. The third-order valence-corrected chi connectivity index (χ3v) is 3.87. The van der Waals surface area contributed by atoms with Gasteiger partial charge in [0, 0.05) is 12.1 Å². The lowest BCUT2D eigenvalue weighted by Gasteiger charge is -1.93. The van der Waals surface area contributed by atoms with Gasteiger partial charge in [-0.05, 0) is 36.2 Å². The van der Waals surface area contributed by atoms with Crippen LogP contribution in [-0.2, 0) is 6.54 Å². The standard InChI is InChI=1S/C18H19N4O2/c1-2-3-12-20-14-21(18-7-5-4-6-17(18)20)19-13-15-8-10-16(11-9-15)22(23)24/h4-11,13-14H,2-3,12H2,1H3/q+1/b19-13+. The molecule has 24 heavy (non-hydrogen) atoms. The van der Waals surface area contributed by atoms with Gasteiger partial charge in [0.15, 0.2) is 5.52 Å². The first-order chi connectivity index (χ1) is 11.7. The molecule has 0 unspecified atom stereocenters. The largest absolute Gasteiger partial charge is 0.270 e. The molecule has 122 valence electrons. The van der Waals surface area contributed by atoms with E-state index in [0.717, 1.165) is 36.0 Å². The van der Waals surface area contributed by atoms with Gasteiger partial charge in [0.2, 0.25) is 5.52 Å². The molecule has 3 aromatic rings. The number of nitro groups is 1. The maximum absolute atomic E-state index is 10.7. The topological polar surface area (TPSA) is 64.3 Å². The number of non-ortho nitro benzene ring substituents is 1. The maximum Gasteiger partial charge on any atom is 0.270 e. The summed E-state index contributed by atoms with van der Waals surface area (Å²) in [5.41, 5.74) is 3.08. The van der Waals surface area contributed by atoms with E-state index in [0.29, 0.717) is 0 Å². The van der Waals surface area contributed by atoms with E-state index in [1.807, 2.05) is 29.2 Å². The molecule has 0 atom stereocenters. The van der Waals surface area contributed by atoms with Crippen LogP contribution in [0.3, 0.4) is 0 Å². The van der Waals surface area contributed by atoms with E-state index in [1.165, 1.54) is 12.1 Å². The number of fused-ring (bicyclic) bond motifs is 1. The third-order valence-electron chi connectivity index (χ3n) is 3.87. The van der Waals surface area contributed by atoms with Gasteiger partial charge in [0.1, 0.15) is 0 Å². The van der Waals surface area contributed by atoms with Gasteiger partial charge in [-0.1, -0.05) is 35.3 Å². The number of benzene rings is 2. The van der Waals surface area contributed by atoms with Gasteiger partial charge >= 0.3 is 0 Å². The van der Waals surface area contributed by atoms with E-state index in [2.05, 4.69) is 22.7 Å². The van der Waals surface area contributed by atoms with Crippen molar-refractivity contribution >= 4 is 22.9 Å². The molecular formula is C18H19N4O2+. The van der Waals surface area contributed by atoms with Crippen molar-refractivity contribution in [2.24, 2.45) is 5.10 Å². The molecule has 2 aromatic carbocycles. The molecule has 0 N–H and O–H groups in total. The number of aromatic nitrogens is 2. The Bertz CT molecular complexity index is 882. The number of nitrogens with zero attached hydrogens (tertiary/aromatic N) is 4. The zero-order valence-electron chi connectivity index (χ0n) is 13.5. The van der Waals surface area contributed by atoms with Crippen LogP contribution in [0.25, 0.3) is 11.0 Å². The van der Waals surface area contributed by atoms with Crippen molar-refractivity contribution in [3.05, 3.63) is 70.5 Å². The van der Waals surface area contributed by atoms with Crippen LogP contribution in [0, 0.1) is 10.1 Å². The van der Waals surface area contributed by atoms with Crippen molar-refractivity contribution in [3.8, 4) is 0 Å². The predicted molar refractivity (Wildman–Crippen MR) is 93.1 cm³/mol. The summed E-state index contributed by atoms with van der Waals surface area (Å²) < 4.78 is 4.04. The fraction of sp³-hybridized carbons (Fsp3) is 0.222. The Morgan fingerprint density at radius 1 is 1.21 bits per heavy atom. The second-order valence-electron chi connectivity index (χ2n) is 5.59. The monoisotopic (exact) mass is 323 g/mol. The molecule has 0 aliphatic heterocycles. The Kier molecular flexibility index (Phi) is 4.65. The van der Waals surface area contributed by atoms with E-state index >= 15 is 0 Å². The number of nitro benzene ring substituents is 1. The zero-order chi connectivity index (χ0) is 16.9. The molecule has 0 radical (unpaired) electrons. The summed E-state index contributed by atoms with van der Waals surface area (Å²) in [6.07, 6.45) is 5.95. The minimum Gasteiger partial charge on any atom is -0.258 e. The van der Waals surface area contributed by atoms with Crippen LogP contribution in [0.15, 0.2) is 60.0 Å². The summed E-state index contributed by atoms with van der Waals surface area (Å²) >= 11 is 0. The van der Waals surface area contributed by atoms with Crippen molar-refractivity contribution < 1.29 is 9.49 Å². The van der Waals surface area contributed by atoms with Crippen LogP contribution >= 0.6 is 0 Å². The summed E-state index contributed by atoms with van der Waals surface area (Å²) in [6, 6.07) is 14.5. The number of aryl methyl sites for hydroxylation is 1. The zero-order valence-corrected chi connectivity index (χ0v) is 13.5. The molecule has 1 aromatic heterocycles. The minimum atomic E-state index is -0.406. The molecular weight excluding hydrogens is 304 g/mol. The Labute approximate surface area is 139 Å². The molecule has 0 aliphatic carbocycles. The van der Waals surface area contributed by atoms with E-state index < -0.39 is 4.92 Å². The van der Waals surface area contributed by atoms with Gasteiger partial charge in [-0.2, -0.15) is 0 Å². The highest BCUT2D eigenvalue weighted by molar-refractivity contribution is 5.80. The molecule has 0 saturated carbocycles. The highest BCUT2D eigenvalue weighted by Crippen LogP contribution is 2.13. The van der Waals surface area contributed by atoms with Crippen molar-refractivity contribution in [3.63, 3.8) is 0 Å². The summed E-state index contributed by atoms with van der Waals surface area (Å²) in [4.78, 5) is 10.3. The number of hydrogen-bond donors (Lipinski definition) is 0. The molecule has 0 saturated heterocycles. The minimum absolute atomic E-state index is 0.0796. The van der Waals surface area contributed by atoms with Gasteiger partial charge in [-0.15, -0.1) is 0 Å². The van der Waals surface area contributed by atoms with E-state index in [1.54, 1.807) is 18.3 Å². The SMILES string of the molecule is CCCC[n+]1cn(/N=C/c2ccc([N+](=O)[O-])cc2)c2ccccc21. The number of imidazole rings is 1. The Hall–Kier alpha value is -3.02. The van der Waals surface area contributed by atoms with Crippen molar-refractivity contribution in [1.82, 2.24) is 4.68 Å². The van der Waals surface area contributed by atoms with Crippen molar-refractivity contribution in [2.45, 2.75) is 26.3 Å². The number of unbranched alkanes of at least 4 members (excludes halogenated alkanes) is 1. The Morgan fingerprint density at radius 2 is 1.96 bits per heavy atom. The highest BCUT2D eigenvalue weighted by Gasteiger charge is 2.14. The molecule has 0 aliphatic rings. The first-order valence-electron chi connectivity index (χ1n) is 7.97. The van der Waals surface area contributed by atoms with Gasteiger partial charge in [-0.25, -0.2) is 4.57 Å². The van der Waals surface area contributed by atoms with Crippen LogP contribution < -0.4 is 4.57 Å². The van der Waals surface area contributed by atoms with Crippen LogP contribution in [0.4, 0.5) is 5.69 Å². The maximum atomic E-state index is 10.7. The third kappa shape index (κ3) is 3.32. The van der Waals surface area contributed by atoms with Gasteiger partial charge in [-0.3, -0.25) is 10.1 Å². The molecule has 6 heteroatoms. The second-order valence-corrected chi connectivity index (χ2v) is 5.59. The summed E-state index contributed by atoms with van der Waals surface area (Å²) in [5, 5.41) is 15.2. The van der Waals surface area contributed by atoms with Crippen LogP contribution in [-0.4, -0.2) is 15.8 Å². The van der Waals surface area contributed by atoms with Gasteiger partial charge < -0.3 is 0 Å². The van der Waals surface area contributed by atoms with Crippen LogP contribution in [0.5, 0.6) is 0 Å². The summed E-state index contributed by atoms with van der Waals surface area (Å²) in [6.45, 7) is 3.13. The normalized spacial score (nSPS) is 11.4. The lowest BCUT2D eigenvalue weighted by molar-refractivity contribution is -0.672. The first-order valence-corrected chi connectivity index (χ1v) is 7.97. The summed E-state index contributed by atoms with van der Waals surface area (Å²) in [5.74, 6) is 0. The smallest absolute Gasteiger partial charge is 0.258 e. The lowest BCUT2D eigenvalue weighted by atomic mass is 10.2. The number of para-hydroxylation sites is 2.